The number of fused-ring (bicyclic) bond motifs is 1. The third-order valence-electron chi connectivity index (χ3n) is 4.83. The maximum Gasteiger partial charge on any atom is 0.270 e. The van der Waals surface area contributed by atoms with Gasteiger partial charge in [-0.1, -0.05) is 36.4 Å². The van der Waals surface area contributed by atoms with E-state index in [-0.39, 0.29) is 5.91 Å². The molecule has 6 nitrogen and oxygen atoms in total. The number of imidazole rings is 1. The van der Waals surface area contributed by atoms with E-state index in [1.165, 1.54) is 0 Å². The van der Waals surface area contributed by atoms with Crippen LogP contribution in [0.2, 0.25) is 0 Å². The standard InChI is InChI=1S/C24H24N4O2/c29-24(21-13-6-7-15-25-21)26-18-23-27-20-12-4-5-14-22(20)28(23)16-8-9-17-30-19-10-2-1-3-11-19/h1-7,10-15H,8-9,16-18H2,(H,26,29). The Morgan fingerprint density at radius 1 is 0.933 bits per heavy atom. The van der Waals surface area contributed by atoms with Crippen molar-refractivity contribution in [2.24, 2.45) is 0 Å². The summed E-state index contributed by atoms with van der Waals surface area (Å²) in [5.74, 6) is 1.53. The van der Waals surface area contributed by atoms with Gasteiger partial charge in [0.1, 0.15) is 17.3 Å². The molecule has 0 saturated heterocycles. The highest BCUT2D eigenvalue weighted by Crippen LogP contribution is 2.17. The zero-order valence-electron chi connectivity index (χ0n) is 16.7. The number of rotatable bonds is 9. The maximum absolute atomic E-state index is 12.4. The number of aromatic nitrogens is 3. The molecule has 2 aromatic heterocycles. The minimum absolute atomic E-state index is 0.203. The molecule has 4 aromatic rings. The number of pyridine rings is 1. The number of carbonyl (C=O) groups excluding carboxylic acids is 1. The highest BCUT2D eigenvalue weighted by atomic mass is 16.5. The second-order valence-electron chi connectivity index (χ2n) is 6.93. The van der Waals surface area contributed by atoms with E-state index in [2.05, 4.69) is 20.9 Å². The van der Waals surface area contributed by atoms with Crippen molar-refractivity contribution in [2.45, 2.75) is 25.9 Å². The number of nitrogens with zero attached hydrogens (tertiary/aromatic N) is 3. The number of hydrogen-bond acceptors (Lipinski definition) is 4. The molecule has 152 valence electrons. The Balaban J connectivity index is 1.38. The number of carbonyl (C=O) groups is 1. The van der Waals surface area contributed by atoms with Crippen molar-refractivity contribution in [1.82, 2.24) is 19.9 Å². The lowest BCUT2D eigenvalue weighted by Crippen LogP contribution is -2.25. The summed E-state index contributed by atoms with van der Waals surface area (Å²) in [4.78, 5) is 21.2. The minimum Gasteiger partial charge on any atom is -0.494 e. The van der Waals surface area contributed by atoms with Crippen LogP contribution in [0.4, 0.5) is 0 Å². The second-order valence-corrected chi connectivity index (χ2v) is 6.93. The normalized spacial score (nSPS) is 10.8. The van der Waals surface area contributed by atoms with Gasteiger partial charge >= 0.3 is 0 Å². The molecule has 0 atom stereocenters. The number of nitrogens with one attached hydrogen (secondary N) is 1. The van der Waals surface area contributed by atoms with E-state index in [0.717, 1.165) is 42.0 Å². The van der Waals surface area contributed by atoms with Crippen molar-refractivity contribution < 1.29 is 9.53 Å². The number of amides is 1. The number of para-hydroxylation sites is 3. The molecule has 0 unspecified atom stereocenters. The van der Waals surface area contributed by atoms with Gasteiger partial charge in [-0.15, -0.1) is 0 Å². The fourth-order valence-corrected chi connectivity index (χ4v) is 3.34. The molecule has 0 fully saturated rings. The van der Waals surface area contributed by atoms with Gasteiger partial charge in [0.05, 0.1) is 24.2 Å². The van der Waals surface area contributed by atoms with Crippen LogP contribution in [0, 0.1) is 0 Å². The molecule has 1 amide bonds. The molecule has 2 heterocycles. The van der Waals surface area contributed by atoms with Gasteiger partial charge in [0.25, 0.3) is 5.91 Å². The Hall–Kier alpha value is -3.67. The predicted molar refractivity (Wildman–Crippen MR) is 116 cm³/mol. The summed E-state index contributed by atoms with van der Waals surface area (Å²) in [5.41, 5.74) is 2.40. The van der Waals surface area contributed by atoms with Crippen LogP contribution in [-0.2, 0) is 13.1 Å². The first-order valence-electron chi connectivity index (χ1n) is 10.1. The summed E-state index contributed by atoms with van der Waals surface area (Å²) in [7, 11) is 0. The largest absolute Gasteiger partial charge is 0.494 e. The number of aryl methyl sites for hydroxylation is 1. The lowest BCUT2D eigenvalue weighted by molar-refractivity contribution is 0.0944. The van der Waals surface area contributed by atoms with Crippen LogP contribution in [0.5, 0.6) is 5.75 Å². The van der Waals surface area contributed by atoms with Crippen molar-refractivity contribution in [3.05, 3.63) is 90.5 Å². The molecule has 2 aromatic carbocycles. The van der Waals surface area contributed by atoms with Crippen LogP contribution in [0.25, 0.3) is 11.0 Å². The predicted octanol–water partition coefficient (Wildman–Crippen LogP) is 4.22. The lowest BCUT2D eigenvalue weighted by atomic mass is 10.3. The van der Waals surface area contributed by atoms with Crippen LogP contribution >= 0.6 is 0 Å². The van der Waals surface area contributed by atoms with Gasteiger partial charge in [0.15, 0.2) is 0 Å². The van der Waals surface area contributed by atoms with Gasteiger partial charge in [-0.3, -0.25) is 9.78 Å². The molecule has 0 spiro atoms. The highest BCUT2D eigenvalue weighted by molar-refractivity contribution is 5.92. The topological polar surface area (TPSA) is 69.0 Å². The molecular formula is C24H24N4O2. The van der Waals surface area contributed by atoms with Crippen LogP contribution in [0.1, 0.15) is 29.2 Å². The quantitative estimate of drug-likeness (QED) is 0.427. The minimum atomic E-state index is -0.203. The van der Waals surface area contributed by atoms with E-state index in [1.807, 2.05) is 48.5 Å². The van der Waals surface area contributed by atoms with E-state index in [4.69, 9.17) is 9.72 Å². The van der Waals surface area contributed by atoms with E-state index in [0.29, 0.717) is 18.8 Å². The SMILES string of the molecule is O=C(NCc1nc2ccccc2n1CCCCOc1ccccc1)c1ccccn1. The summed E-state index contributed by atoms with van der Waals surface area (Å²) < 4.78 is 7.96. The van der Waals surface area contributed by atoms with Gasteiger partial charge in [-0.05, 0) is 49.2 Å². The van der Waals surface area contributed by atoms with Gasteiger partial charge in [0.2, 0.25) is 0 Å². The Morgan fingerprint density at radius 2 is 1.73 bits per heavy atom. The van der Waals surface area contributed by atoms with Gasteiger partial charge in [-0.25, -0.2) is 4.98 Å². The fraction of sp³-hybridized carbons (Fsp3) is 0.208. The van der Waals surface area contributed by atoms with Crippen LogP contribution in [0.3, 0.4) is 0 Å². The number of unbranched alkanes of at least 4 members (excludes halogenated alkanes) is 1. The molecule has 0 bridgehead atoms. The Labute approximate surface area is 175 Å². The third kappa shape index (κ3) is 4.84. The maximum atomic E-state index is 12.4. The first-order chi connectivity index (χ1) is 14.8. The summed E-state index contributed by atoms with van der Waals surface area (Å²) in [6.45, 7) is 1.83. The summed E-state index contributed by atoms with van der Waals surface area (Å²) in [6, 6.07) is 23.2. The molecule has 30 heavy (non-hydrogen) atoms. The first kappa shape index (κ1) is 19.6. The lowest BCUT2D eigenvalue weighted by Gasteiger charge is -2.11. The van der Waals surface area contributed by atoms with Crippen molar-refractivity contribution in [1.29, 1.82) is 0 Å². The molecule has 0 aliphatic carbocycles. The molecule has 6 heteroatoms. The Bertz CT molecular complexity index is 1090. The van der Waals surface area contributed by atoms with Gasteiger partial charge < -0.3 is 14.6 Å². The third-order valence-corrected chi connectivity index (χ3v) is 4.83. The van der Waals surface area contributed by atoms with Crippen molar-refractivity contribution in [3.63, 3.8) is 0 Å². The van der Waals surface area contributed by atoms with E-state index in [1.54, 1.807) is 24.4 Å². The molecule has 4 rings (SSSR count). The number of benzene rings is 2. The molecular weight excluding hydrogens is 376 g/mol. The Kier molecular flexibility index (Phi) is 6.35. The second kappa shape index (κ2) is 9.69. The number of hydrogen-bond donors (Lipinski definition) is 1. The molecule has 0 aliphatic rings. The van der Waals surface area contributed by atoms with E-state index >= 15 is 0 Å². The number of ether oxygens (including phenoxy) is 1. The molecule has 1 N–H and O–H groups in total. The first-order valence-corrected chi connectivity index (χ1v) is 10.1. The van der Waals surface area contributed by atoms with E-state index < -0.39 is 0 Å². The summed E-state index contributed by atoms with van der Waals surface area (Å²) in [5, 5.41) is 2.93. The zero-order chi connectivity index (χ0) is 20.6. The van der Waals surface area contributed by atoms with Crippen LogP contribution in [0.15, 0.2) is 79.0 Å². The average Bonchev–Trinajstić information content (AvgIpc) is 3.16. The molecule has 0 aliphatic heterocycles. The van der Waals surface area contributed by atoms with Crippen molar-refractivity contribution in [2.75, 3.05) is 6.61 Å². The smallest absolute Gasteiger partial charge is 0.270 e. The van der Waals surface area contributed by atoms with Crippen LogP contribution < -0.4 is 10.1 Å². The zero-order valence-corrected chi connectivity index (χ0v) is 16.7. The Morgan fingerprint density at radius 3 is 2.57 bits per heavy atom. The summed E-state index contributed by atoms with van der Waals surface area (Å²) >= 11 is 0. The molecule has 0 saturated carbocycles. The highest BCUT2D eigenvalue weighted by Gasteiger charge is 2.12. The molecule has 0 radical (unpaired) electrons. The van der Waals surface area contributed by atoms with Gasteiger partial charge in [-0.2, -0.15) is 0 Å². The average molecular weight is 400 g/mol. The van der Waals surface area contributed by atoms with Crippen molar-refractivity contribution in [3.8, 4) is 5.75 Å². The van der Waals surface area contributed by atoms with E-state index in [9.17, 15) is 4.79 Å². The monoisotopic (exact) mass is 400 g/mol. The van der Waals surface area contributed by atoms with Gasteiger partial charge in [0, 0.05) is 12.7 Å². The fourth-order valence-electron chi connectivity index (χ4n) is 3.34. The van der Waals surface area contributed by atoms with Crippen molar-refractivity contribution >= 4 is 16.9 Å². The van der Waals surface area contributed by atoms with Crippen LogP contribution in [-0.4, -0.2) is 27.0 Å². The summed E-state index contributed by atoms with van der Waals surface area (Å²) in [6.07, 6.45) is 3.50.